The van der Waals surface area contributed by atoms with Crippen LogP contribution in [0.1, 0.15) is 0 Å². The van der Waals surface area contributed by atoms with Crippen molar-refractivity contribution in [1.29, 1.82) is 0 Å². The largest absolute Gasteiger partial charge is 0.502 e. The Balaban J connectivity index is 3.07. The van der Waals surface area contributed by atoms with Crippen LogP contribution in [0.5, 0.6) is 0 Å². The van der Waals surface area contributed by atoms with E-state index in [1.807, 2.05) is 0 Å². The molecular weight excluding hydrogens is 148 g/mol. The van der Waals surface area contributed by atoms with E-state index < -0.39 is 16.4 Å². The predicted octanol–water partition coefficient (Wildman–Crippen LogP) is 0.786. The predicted molar refractivity (Wildman–Crippen MR) is 37.8 cm³/mol. The Morgan fingerprint density at radius 3 is 3.09 bits per heavy atom. The summed E-state index contributed by atoms with van der Waals surface area (Å²) in [6.45, 7) is 0. The topological polar surface area (TPSA) is 75.7 Å². The normalized spacial score (nSPS) is 15.3. The Morgan fingerprint density at radius 2 is 2.45 bits per heavy atom. The second-order valence-electron chi connectivity index (χ2n) is 1.75. The van der Waals surface area contributed by atoms with Gasteiger partial charge in [-0.1, -0.05) is 0 Å². The molecule has 1 heterocycles. The van der Waals surface area contributed by atoms with Gasteiger partial charge in [0.25, 0.3) is 0 Å². The van der Waals surface area contributed by atoms with Crippen molar-refractivity contribution in [2.75, 3.05) is 0 Å². The number of aliphatic hydroxyl groups excluding tert-OH is 1. The van der Waals surface area contributed by atoms with Crippen molar-refractivity contribution in [2.45, 2.75) is 0 Å². The molecule has 0 aromatic carbocycles. The van der Waals surface area contributed by atoms with Crippen LogP contribution in [0, 0.1) is 10.1 Å². The monoisotopic (exact) mass is 152 g/mol. The molecule has 5 nitrogen and oxygen atoms in total. The first-order valence-corrected chi connectivity index (χ1v) is 2.74. The number of hydrogen-bond donors (Lipinski definition) is 1. The Hall–Kier alpha value is -1.87. The number of hydrogen-bond acceptors (Lipinski definition) is 4. The van der Waals surface area contributed by atoms with Crippen LogP contribution in [-0.2, 0) is 0 Å². The number of allylic oxidation sites excluding steroid dienone is 2. The molecule has 0 radical (unpaired) electrons. The zero-order chi connectivity index (χ0) is 8.27. The fourth-order valence-corrected chi connectivity index (χ4v) is 0.550. The first-order chi connectivity index (χ1) is 5.22. The summed E-state index contributed by atoms with van der Waals surface area (Å²) < 4.78 is 0. The molecule has 1 aliphatic heterocycles. The van der Waals surface area contributed by atoms with Crippen molar-refractivity contribution < 1.29 is 10.0 Å². The lowest BCUT2D eigenvalue weighted by Gasteiger charge is -1.91. The smallest absolute Gasteiger partial charge is 0.329 e. The van der Waals surface area contributed by atoms with E-state index in [9.17, 15) is 10.1 Å². The van der Waals surface area contributed by atoms with E-state index in [1.54, 1.807) is 0 Å². The Morgan fingerprint density at radius 1 is 1.73 bits per heavy atom. The molecule has 0 saturated carbocycles. The van der Waals surface area contributed by atoms with Gasteiger partial charge in [-0.3, -0.25) is 10.1 Å². The molecule has 0 atom stereocenters. The molecule has 0 aliphatic carbocycles. The maximum Gasteiger partial charge on any atom is 0.329 e. The molecule has 0 amide bonds. The second kappa shape index (κ2) is 2.81. The van der Waals surface area contributed by atoms with Crippen LogP contribution in [0.3, 0.4) is 0 Å². The van der Waals surface area contributed by atoms with Crippen molar-refractivity contribution in [3.63, 3.8) is 0 Å². The SMILES string of the molecule is O=[N+]([O-])C1=CN=C=CC=C1O. The van der Waals surface area contributed by atoms with Crippen LogP contribution < -0.4 is 0 Å². The van der Waals surface area contributed by atoms with Crippen molar-refractivity contribution in [2.24, 2.45) is 4.99 Å². The third kappa shape index (κ3) is 1.53. The first kappa shape index (κ1) is 7.24. The summed E-state index contributed by atoms with van der Waals surface area (Å²) in [5.41, 5.74) is -0.425. The molecule has 0 bridgehead atoms. The maximum atomic E-state index is 10.2. The molecule has 11 heavy (non-hydrogen) atoms. The molecule has 0 saturated heterocycles. The quantitative estimate of drug-likeness (QED) is 0.445. The molecule has 0 unspecified atom stereocenters. The average molecular weight is 152 g/mol. The highest BCUT2D eigenvalue weighted by Gasteiger charge is 2.15. The molecule has 56 valence electrons. The van der Waals surface area contributed by atoms with Crippen LogP contribution in [0.4, 0.5) is 0 Å². The molecule has 1 N–H and O–H groups in total. The Bertz CT molecular complexity index is 308. The van der Waals surface area contributed by atoms with Gasteiger partial charge in [0.1, 0.15) is 6.20 Å². The summed E-state index contributed by atoms with van der Waals surface area (Å²) in [6.07, 6.45) is 3.39. The number of rotatable bonds is 1. The first-order valence-electron chi connectivity index (χ1n) is 2.74. The number of nitrogens with zero attached hydrogens (tertiary/aromatic N) is 2. The fraction of sp³-hybridized carbons (Fsp3) is 0. The molecular formula is C6H4N2O3. The highest BCUT2D eigenvalue weighted by Crippen LogP contribution is 2.08. The van der Waals surface area contributed by atoms with Crippen LogP contribution in [0.2, 0.25) is 0 Å². The van der Waals surface area contributed by atoms with Crippen molar-refractivity contribution >= 4 is 5.87 Å². The maximum absolute atomic E-state index is 10.2. The van der Waals surface area contributed by atoms with Crippen LogP contribution >= 0.6 is 0 Å². The van der Waals surface area contributed by atoms with Gasteiger partial charge in [0.2, 0.25) is 0 Å². The summed E-state index contributed by atoms with van der Waals surface area (Å²) in [4.78, 5) is 12.8. The van der Waals surface area contributed by atoms with E-state index in [2.05, 4.69) is 10.9 Å². The molecule has 0 spiro atoms. The summed E-state index contributed by atoms with van der Waals surface area (Å²) >= 11 is 0. The van der Waals surface area contributed by atoms with Crippen LogP contribution in [0.25, 0.3) is 0 Å². The van der Waals surface area contributed by atoms with Gasteiger partial charge < -0.3 is 5.11 Å². The lowest BCUT2D eigenvalue weighted by molar-refractivity contribution is -0.424. The fourth-order valence-electron chi connectivity index (χ4n) is 0.550. The molecule has 5 heteroatoms. The third-order valence-electron chi connectivity index (χ3n) is 1.04. The molecule has 0 aromatic heterocycles. The van der Waals surface area contributed by atoms with Gasteiger partial charge in [0, 0.05) is 6.08 Å². The van der Waals surface area contributed by atoms with E-state index in [-0.39, 0.29) is 0 Å². The van der Waals surface area contributed by atoms with Gasteiger partial charge in [-0.25, -0.2) is 4.99 Å². The second-order valence-corrected chi connectivity index (χ2v) is 1.75. The minimum absolute atomic E-state index is 0.413. The summed E-state index contributed by atoms with van der Waals surface area (Å²) in [5, 5.41) is 19.1. The average Bonchev–Trinajstić information content (AvgIpc) is 2.13. The Kier molecular flexibility index (Phi) is 1.85. The minimum atomic E-state index is -0.712. The van der Waals surface area contributed by atoms with Gasteiger partial charge in [-0.15, -0.1) is 0 Å². The lowest BCUT2D eigenvalue weighted by atomic mass is 10.3. The standard InChI is InChI=1S/C6H4N2O3/c9-6-2-1-3-7-4-5(6)8(10)11/h1-2,4,9H. The number of aliphatic imine (C=N–C) groups is 1. The minimum Gasteiger partial charge on any atom is -0.502 e. The number of nitro groups is 1. The van der Waals surface area contributed by atoms with E-state index in [0.717, 1.165) is 12.3 Å². The number of aliphatic hydroxyl groups is 1. The van der Waals surface area contributed by atoms with E-state index in [1.165, 1.54) is 6.08 Å². The van der Waals surface area contributed by atoms with Gasteiger partial charge in [-0.2, -0.15) is 0 Å². The van der Waals surface area contributed by atoms with Gasteiger partial charge >= 0.3 is 5.70 Å². The third-order valence-corrected chi connectivity index (χ3v) is 1.04. The highest BCUT2D eigenvalue weighted by atomic mass is 16.6. The van der Waals surface area contributed by atoms with E-state index >= 15 is 0 Å². The van der Waals surface area contributed by atoms with Crippen molar-refractivity contribution in [3.05, 3.63) is 39.9 Å². The van der Waals surface area contributed by atoms with Crippen molar-refractivity contribution in [3.8, 4) is 0 Å². The van der Waals surface area contributed by atoms with E-state index in [0.29, 0.717) is 0 Å². The van der Waals surface area contributed by atoms with Gasteiger partial charge in [0.15, 0.2) is 5.76 Å². The van der Waals surface area contributed by atoms with Gasteiger partial charge in [0.05, 0.1) is 4.92 Å². The summed E-state index contributed by atoms with van der Waals surface area (Å²) in [6, 6.07) is 0. The van der Waals surface area contributed by atoms with E-state index in [4.69, 9.17) is 5.11 Å². The summed E-state index contributed by atoms with van der Waals surface area (Å²) in [7, 11) is 0. The zero-order valence-electron chi connectivity index (χ0n) is 5.39. The molecule has 1 aliphatic rings. The molecule has 0 aromatic rings. The lowest BCUT2D eigenvalue weighted by Crippen LogP contribution is -2.00. The zero-order valence-corrected chi connectivity index (χ0v) is 5.39. The van der Waals surface area contributed by atoms with Crippen LogP contribution in [-0.4, -0.2) is 15.9 Å². The Labute approximate surface area is 61.8 Å². The molecule has 0 fully saturated rings. The van der Waals surface area contributed by atoms with Crippen LogP contribution in [0.15, 0.2) is 34.8 Å². The molecule has 1 rings (SSSR count). The highest BCUT2D eigenvalue weighted by molar-refractivity contribution is 5.57. The van der Waals surface area contributed by atoms with Gasteiger partial charge in [-0.05, 0) is 11.9 Å². The van der Waals surface area contributed by atoms with Crippen molar-refractivity contribution in [1.82, 2.24) is 0 Å². The summed E-state index contributed by atoms with van der Waals surface area (Å²) in [5.74, 6) is 1.93.